The molecule has 1 aromatic carbocycles. The van der Waals surface area contributed by atoms with E-state index in [0.717, 1.165) is 4.57 Å². The van der Waals surface area contributed by atoms with Gasteiger partial charge in [-0.2, -0.15) is 18.2 Å². The molecule has 1 saturated heterocycles. The highest BCUT2D eigenvalue weighted by atomic mass is 19.4. The molecule has 0 spiro atoms. The predicted molar refractivity (Wildman–Crippen MR) is 99.2 cm³/mol. The number of hydrogen-bond acceptors (Lipinski definition) is 5. The van der Waals surface area contributed by atoms with Gasteiger partial charge in [0.25, 0.3) is 11.5 Å². The first kappa shape index (κ1) is 19.4. The van der Waals surface area contributed by atoms with Crippen molar-refractivity contribution in [1.29, 1.82) is 0 Å². The van der Waals surface area contributed by atoms with E-state index >= 15 is 0 Å². The molecule has 1 unspecified atom stereocenters. The maximum atomic E-state index is 13.8. The number of alkyl halides is 3. The molecular weight excluding hydrogens is 389 g/mol. The van der Waals surface area contributed by atoms with E-state index in [1.165, 1.54) is 18.2 Å². The van der Waals surface area contributed by atoms with Gasteiger partial charge in [0.15, 0.2) is 0 Å². The second-order valence-corrected chi connectivity index (χ2v) is 6.89. The predicted octanol–water partition coefficient (Wildman–Crippen LogP) is 2.06. The molecule has 4 rings (SSSR count). The molecule has 1 atom stereocenters. The summed E-state index contributed by atoms with van der Waals surface area (Å²) in [6, 6.07) is 6.95. The lowest BCUT2D eigenvalue weighted by Crippen LogP contribution is -2.55. The first-order chi connectivity index (χ1) is 13.9. The van der Waals surface area contributed by atoms with Gasteiger partial charge in [-0.1, -0.05) is 18.2 Å². The average Bonchev–Trinajstić information content (AvgIpc) is 2.73. The van der Waals surface area contributed by atoms with Crippen molar-refractivity contribution < 1.29 is 22.7 Å². The molecule has 1 aromatic heterocycles. The van der Waals surface area contributed by atoms with Crippen LogP contribution in [0.5, 0.6) is 0 Å². The van der Waals surface area contributed by atoms with Gasteiger partial charge in [0.2, 0.25) is 5.95 Å². The lowest BCUT2D eigenvalue weighted by Gasteiger charge is -2.38. The zero-order valence-electron chi connectivity index (χ0n) is 15.4. The van der Waals surface area contributed by atoms with Gasteiger partial charge >= 0.3 is 6.18 Å². The Bertz CT molecular complexity index is 955. The van der Waals surface area contributed by atoms with E-state index < -0.39 is 30.1 Å². The molecule has 7 nitrogen and oxygen atoms in total. The van der Waals surface area contributed by atoms with Crippen molar-refractivity contribution in [2.45, 2.75) is 25.2 Å². The van der Waals surface area contributed by atoms with E-state index in [0.29, 0.717) is 31.2 Å². The molecule has 0 N–H and O–H groups in total. The summed E-state index contributed by atoms with van der Waals surface area (Å²) in [5.41, 5.74) is -0.385. The molecule has 10 heteroatoms. The maximum absolute atomic E-state index is 13.8. The van der Waals surface area contributed by atoms with E-state index in [9.17, 15) is 22.8 Å². The second-order valence-electron chi connectivity index (χ2n) is 6.89. The summed E-state index contributed by atoms with van der Waals surface area (Å²) in [6.45, 7) is 1.62. The summed E-state index contributed by atoms with van der Waals surface area (Å²) < 4.78 is 47.8. The molecule has 2 aromatic rings. The number of fused-ring (bicyclic) bond motifs is 1. The summed E-state index contributed by atoms with van der Waals surface area (Å²) in [5, 5.41) is 0. The standard InChI is InChI=1S/C19H19F3N4O3/c20-19(21,22)14-6-7-25-16(27)12-15(24-8-10-29-11-9-24)23-18(25)26(14)17(28)13-4-2-1-3-5-13/h1-5,12,14H,6-11H2. The Morgan fingerprint density at radius 1 is 1.10 bits per heavy atom. The number of anilines is 2. The van der Waals surface area contributed by atoms with E-state index in [1.54, 1.807) is 23.1 Å². The van der Waals surface area contributed by atoms with E-state index in [1.807, 2.05) is 0 Å². The molecule has 29 heavy (non-hydrogen) atoms. The molecule has 1 fully saturated rings. The van der Waals surface area contributed by atoms with Crippen LogP contribution < -0.4 is 15.4 Å². The highest BCUT2D eigenvalue weighted by Crippen LogP contribution is 2.35. The number of morpholine rings is 1. The molecule has 0 aliphatic carbocycles. The third-order valence-corrected chi connectivity index (χ3v) is 5.08. The number of carbonyl (C=O) groups is 1. The minimum atomic E-state index is -4.65. The van der Waals surface area contributed by atoms with Crippen molar-refractivity contribution in [3.05, 3.63) is 52.3 Å². The van der Waals surface area contributed by atoms with Crippen LogP contribution in [0.1, 0.15) is 16.8 Å². The Hall–Kier alpha value is -2.88. The number of amides is 1. The third kappa shape index (κ3) is 3.71. The molecular formula is C19H19F3N4O3. The number of nitrogens with zero attached hydrogens (tertiary/aromatic N) is 4. The number of carbonyl (C=O) groups excluding carboxylic acids is 1. The molecule has 0 bridgehead atoms. The van der Waals surface area contributed by atoms with Crippen molar-refractivity contribution >= 4 is 17.7 Å². The SMILES string of the molecule is O=C(c1ccccc1)N1c2nc(N3CCOCC3)cc(=O)n2CCC1C(F)(F)F. The van der Waals surface area contributed by atoms with Crippen LogP contribution in [0, 0.1) is 0 Å². The number of ether oxygens (including phenoxy) is 1. The van der Waals surface area contributed by atoms with Gasteiger partial charge in [0, 0.05) is 31.3 Å². The first-order valence-electron chi connectivity index (χ1n) is 9.26. The number of hydrogen-bond donors (Lipinski definition) is 0. The Labute approximate surface area is 164 Å². The fraction of sp³-hybridized carbons (Fsp3) is 0.421. The highest BCUT2D eigenvalue weighted by molar-refractivity contribution is 6.05. The molecule has 2 aliphatic heterocycles. The summed E-state index contributed by atoms with van der Waals surface area (Å²) in [5.74, 6) is -0.868. The fourth-order valence-electron chi connectivity index (χ4n) is 3.61. The lowest BCUT2D eigenvalue weighted by atomic mass is 10.1. The highest BCUT2D eigenvalue weighted by Gasteiger charge is 2.49. The van der Waals surface area contributed by atoms with Crippen LogP contribution in [-0.4, -0.2) is 54.0 Å². The third-order valence-electron chi connectivity index (χ3n) is 5.08. The van der Waals surface area contributed by atoms with Gasteiger partial charge in [0.05, 0.1) is 13.2 Å². The molecule has 0 radical (unpaired) electrons. The fourth-order valence-corrected chi connectivity index (χ4v) is 3.61. The summed E-state index contributed by atoms with van der Waals surface area (Å²) >= 11 is 0. The summed E-state index contributed by atoms with van der Waals surface area (Å²) in [6.07, 6.45) is -5.06. The molecule has 2 aliphatic rings. The lowest BCUT2D eigenvalue weighted by molar-refractivity contribution is -0.151. The number of benzene rings is 1. The van der Waals surface area contributed by atoms with Crippen LogP contribution in [0.15, 0.2) is 41.2 Å². The van der Waals surface area contributed by atoms with E-state index in [-0.39, 0.29) is 23.9 Å². The van der Waals surface area contributed by atoms with Crippen LogP contribution in [0.2, 0.25) is 0 Å². The van der Waals surface area contributed by atoms with Gasteiger partial charge in [0.1, 0.15) is 11.9 Å². The van der Waals surface area contributed by atoms with Crippen LogP contribution in [0.3, 0.4) is 0 Å². The Kier molecular flexibility index (Phi) is 5.03. The van der Waals surface area contributed by atoms with Gasteiger partial charge in [-0.05, 0) is 18.6 Å². The number of halogens is 3. The van der Waals surface area contributed by atoms with Crippen molar-refractivity contribution in [3.63, 3.8) is 0 Å². The van der Waals surface area contributed by atoms with Gasteiger partial charge < -0.3 is 9.64 Å². The van der Waals surface area contributed by atoms with Crippen LogP contribution in [0.4, 0.5) is 24.9 Å². The number of aromatic nitrogens is 2. The summed E-state index contributed by atoms with van der Waals surface area (Å²) in [4.78, 5) is 32.4. The van der Waals surface area contributed by atoms with Crippen LogP contribution in [0.25, 0.3) is 0 Å². The topological polar surface area (TPSA) is 67.7 Å². The van der Waals surface area contributed by atoms with Crippen molar-refractivity contribution in [2.75, 3.05) is 36.1 Å². The van der Waals surface area contributed by atoms with Crippen molar-refractivity contribution in [3.8, 4) is 0 Å². The minimum Gasteiger partial charge on any atom is -0.378 e. The monoisotopic (exact) mass is 408 g/mol. The Morgan fingerprint density at radius 3 is 2.45 bits per heavy atom. The van der Waals surface area contributed by atoms with Crippen molar-refractivity contribution in [2.24, 2.45) is 0 Å². The molecule has 154 valence electrons. The number of rotatable bonds is 2. The quantitative estimate of drug-likeness (QED) is 0.761. The maximum Gasteiger partial charge on any atom is 0.409 e. The van der Waals surface area contributed by atoms with E-state index in [4.69, 9.17) is 4.74 Å². The smallest absolute Gasteiger partial charge is 0.378 e. The van der Waals surface area contributed by atoms with Gasteiger partial charge in [-0.3, -0.25) is 19.1 Å². The normalized spacial score (nSPS) is 19.8. The van der Waals surface area contributed by atoms with Crippen LogP contribution >= 0.6 is 0 Å². The second kappa shape index (κ2) is 7.51. The first-order valence-corrected chi connectivity index (χ1v) is 9.26. The van der Waals surface area contributed by atoms with Gasteiger partial charge in [-0.15, -0.1) is 0 Å². The van der Waals surface area contributed by atoms with Crippen molar-refractivity contribution in [1.82, 2.24) is 9.55 Å². The zero-order valence-corrected chi connectivity index (χ0v) is 15.4. The molecule has 0 saturated carbocycles. The Morgan fingerprint density at radius 2 is 1.79 bits per heavy atom. The molecule has 1 amide bonds. The average molecular weight is 408 g/mol. The summed E-state index contributed by atoms with van der Waals surface area (Å²) in [7, 11) is 0. The van der Waals surface area contributed by atoms with Gasteiger partial charge in [-0.25, -0.2) is 0 Å². The minimum absolute atomic E-state index is 0.0984. The molecule has 3 heterocycles. The van der Waals surface area contributed by atoms with E-state index in [2.05, 4.69) is 4.98 Å². The zero-order chi connectivity index (χ0) is 20.6. The Balaban J connectivity index is 1.83. The largest absolute Gasteiger partial charge is 0.409 e. The van der Waals surface area contributed by atoms with Crippen LogP contribution in [-0.2, 0) is 11.3 Å².